The van der Waals surface area contributed by atoms with Crippen LogP contribution < -0.4 is 4.74 Å². The van der Waals surface area contributed by atoms with Crippen molar-refractivity contribution in [2.45, 2.75) is 19.0 Å². The molecule has 4 rings (SSSR count). The molecule has 35 heavy (non-hydrogen) atoms. The number of carbonyl (C=O) groups is 2. The first-order valence-corrected chi connectivity index (χ1v) is 11.7. The van der Waals surface area contributed by atoms with Crippen molar-refractivity contribution in [3.63, 3.8) is 0 Å². The summed E-state index contributed by atoms with van der Waals surface area (Å²) in [7, 11) is 1.72. The highest BCUT2D eigenvalue weighted by Crippen LogP contribution is 2.40. The summed E-state index contributed by atoms with van der Waals surface area (Å²) >= 11 is 6.40. The van der Waals surface area contributed by atoms with Crippen molar-refractivity contribution in [1.82, 2.24) is 9.47 Å². The number of carboxylic acid groups (broad SMARTS) is 1. The minimum absolute atomic E-state index is 0.00148. The van der Waals surface area contributed by atoms with Gasteiger partial charge in [0.25, 0.3) is 5.91 Å². The van der Waals surface area contributed by atoms with Crippen LogP contribution in [-0.2, 0) is 22.8 Å². The van der Waals surface area contributed by atoms with E-state index in [0.717, 1.165) is 34.8 Å². The number of amides is 1. The van der Waals surface area contributed by atoms with Crippen LogP contribution >= 0.6 is 24.0 Å². The van der Waals surface area contributed by atoms with Crippen molar-refractivity contribution in [1.29, 1.82) is 0 Å². The first kappa shape index (κ1) is 24.8. The van der Waals surface area contributed by atoms with Gasteiger partial charge in [-0.1, -0.05) is 48.2 Å². The van der Waals surface area contributed by atoms with Gasteiger partial charge in [-0.2, -0.15) is 13.2 Å². The molecule has 1 fully saturated rings. The molecule has 1 aromatic heterocycles. The summed E-state index contributed by atoms with van der Waals surface area (Å²) in [6.07, 6.45) is -2.74. The SMILES string of the molecule is Cn1c(Oc2cccc(C(F)(F)F)c2)c(/C=C2/SC(=S)N(CCCC(=O)O)C2=O)c2ccccc21. The summed E-state index contributed by atoms with van der Waals surface area (Å²) in [5.41, 5.74) is 0.446. The average Bonchev–Trinajstić information content (AvgIpc) is 3.22. The van der Waals surface area contributed by atoms with Crippen molar-refractivity contribution in [2.75, 3.05) is 6.54 Å². The fourth-order valence-electron chi connectivity index (χ4n) is 3.72. The van der Waals surface area contributed by atoms with E-state index in [4.69, 9.17) is 22.1 Å². The monoisotopic (exact) mass is 520 g/mol. The Balaban J connectivity index is 1.73. The van der Waals surface area contributed by atoms with Crippen molar-refractivity contribution in [3.8, 4) is 11.6 Å². The Bertz CT molecular complexity index is 1360. The number of hydrogen-bond donors (Lipinski definition) is 1. The molecule has 11 heteroatoms. The number of ether oxygens (including phenoxy) is 1. The number of carbonyl (C=O) groups excluding carboxylic acids is 1. The van der Waals surface area contributed by atoms with E-state index in [1.807, 2.05) is 24.3 Å². The Kier molecular flexibility index (Phi) is 6.91. The number of thioether (sulfide) groups is 1. The van der Waals surface area contributed by atoms with Gasteiger partial charge in [-0.3, -0.25) is 14.5 Å². The first-order chi connectivity index (χ1) is 16.6. The molecule has 0 atom stereocenters. The van der Waals surface area contributed by atoms with Crippen molar-refractivity contribution >= 4 is 57.2 Å². The Hall–Kier alpha value is -3.31. The van der Waals surface area contributed by atoms with Gasteiger partial charge < -0.3 is 14.4 Å². The number of aryl methyl sites for hydroxylation is 1. The molecule has 1 aliphatic rings. The van der Waals surface area contributed by atoms with Gasteiger partial charge in [0.15, 0.2) is 0 Å². The van der Waals surface area contributed by atoms with E-state index < -0.39 is 17.7 Å². The molecule has 6 nitrogen and oxygen atoms in total. The normalized spacial score (nSPS) is 15.4. The molecular formula is C24H19F3N2O4S2. The molecule has 0 saturated carbocycles. The Morgan fingerprint density at radius 1 is 1.20 bits per heavy atom. The molecule has 3 aromatic rings. The standard InChI is InChI=1S/C24H19F3N2O4S2/c1-28-18-9-3-2-8-16(18)17(22(28)33-15-7-4-6-14(12-15)24(25,26)27)13-19-21(32)29(23(34)35-19)11-5-10-20(30)31/h2-4,6-9,12-13H,5,10-11H2,1H3,(H,30,31)/b19-13+. The molecule has 0 aliphatic carbocycles. The zero-order chi connectivity index (χ0) is 25.3. The van der Waals surface area contributed by atoms with E-state index in [1.54, 1.807) is 17.7 Å². The highest BCUT2D eigenvalue weighted by Gasteiger charge is 2.33. The molecule has 0 unspecified atom stereocenters. The number of hydrogen-bond acceptors (Lipinski definition) is 5. The Morgan fingerprint density at radius 2 is 1.94 bits per heavy atom. The molecule has 0 bridgehead atoms. The lowest BCUT2D eigenvalue weighted by Gasteiger charge is -2.13. The zero-order valence-corrected chi connectivity index (χ0v) is 20.0. The van der Waals surface area contributed by atoms with Gasteiger partial charge in [0.2, 0.25) is 5.88 Å². The first-order valence-electron chi connectivity index (χ1n) is 10.5. The number of benzene rings is 2. The topological polar surface area (TPSA) is 71.8 Å². The molecule has 0 spiro atoms. The van der Waals surface area contributed by atoms with Crippen LogP contribution in [0.3, 0.4) is 0 Å². The summed E-state index contributed by atoms with van der Waals surface area (Å²) in [6.45, 7) is 0.178. The van der Waals surface area contributed by atoms with Crippen molar-refractivity contribution < 1.29 is 32.6 Å². The van der Waals surface area contributed by atoms with Gasteiger partial charge in [-0.25, -0.2) is 0 Å². The molecule has 2 aromatic carbocycles. The smallest absolute Gasteiger partial charge is 0.416 e. The molecule has 0 radical (unpaired) electrons. The minimum Gasteiger partial charge on any atom is -0.481 e. The predicted octanol–water partition coefficient (Wildman–Crippen LogP) is 6.06. The van der Waals surface area contributed by atoms with Crippen LogP contribution in [0, 0.1) is 0 Å². The average molecular weight is 521 g/mol. The van der Waals surface area contributed by atoms with Gasteiger partial charge in [0.1, 0.15) is 10.1 Å². The van der Waals surface area contributed by atoms with Gasteiger partial charge in [-0.05, 0) is 36.8 Å². The molecule has 1 aliphatic heterocycles. The second-order valence-electron chi connectivity index (χ2n) is 7.75. The number of aromatic nitrogens is 1. The van der Waals surface area contributed by atoms with Crippen LogP contribution in [0.1, 0.15) is 24.0 Å². The third kappa shape index (κ3) is 5.20. The molecule has 2 heterocycles. The Morgan fingerprint density at radius 3 is 2.66 bits per heavy atom. The maximum atomic E-state index is 13.2. The van der Waals surface area contributed by atoms with Crippen molar-refractivity contribution in [3.05, 3.63) is 64.6 Å². The lowest BCUT2D eigenvalue weighted by Crippen LogP contribution is -2.29. The number of carboxylic acids is 1. The van der Waals surface area contributed by atoms with Crippen LogP contribution in [0.4, 0.5) is 13.2 Å². The van der Waals surface area contributed by atoms with E-state index in [2.05, 4.69) is 0 Å². The number of fused-ring (bicyclic) bond motifs is 1. The third-order valence-corrected chi connectivity index (χ3v) is 6.77. The lowest BCUT2D eigenvalue weighted by atomic mass is 10.1. The van der Waals surface area contributed by atoms with Crippen LogP contribution in [0.15, 0.2) is 53.4 Å². The van der Waals surface area contributed by atoms with E-state index in [-0.39, 0.29) is 36.9 Å². The summed E-state index contributed by atoms with van der Waals surface area (Å²) in [5, 5.41) is 9.59. The van der Waals surface area contributed by atoms with Gasteiger partial charge in [0.05, 0.1) is 16.0 Å². The summed E-state index contributed by atoms with van der Waals surface area (Å²) in [4.78, 5) is 25.5. The highest BCUT2D eigenvalue weighted by atomic mass is 32.2. The fourth-order valence-corrected chi connectivity index (χ4v) is 5.01. The lowest BCUT2D eigenvalue weighted by molar-refractivity contribution is -0.138. The second kappa shape index (κ2) is 9.74. The van der Waals surface area contributed by atoms with Crippen LogP contribution in [-0.4, -0.2) is 37.3 Å². The number of alkyl halides is 3. The molecular weight excluding hydrogens is 501 g/mol. The van der Waals surface area contributed by atoms with Gasteiger partial charge >= 0.3 is 12.1 Å². The molecule has 182 valence electrons. The van der Waals surface area contributed by atoms with Gasteiger partial charge in [-0.15, -0.1) is 0 Å². The van der Waals surface area contributed by atoms with Crippen LogP contribution in [0.25, 0.3) is 17.0 Å². The molecule has 1 saturated heterocycles. The van der Waals surface area contributed by atoms with E-state index in [9.17, 15) is 22.8 Å². The number of nitrogens with zero attached hydrogens (tertiary/aromatic N) is 2. The maximum Gasteiger partial charge on any atom is 0.416 e. The van der Waals surface area contributed by atoms with Crippen LogP contribution in [0.2, 0.25) is 0 Å². The quantitative estimate of drug-likeness (QED) is 0.302. The van der Waals surface area contributed by atoms with Gasteiger partial charge in [0, 0.05) is 31.0 Å². The predicted molar refractivity (Wildman–Crippen MR) is 131 cm³/mol. The van der Waals surface area contributed by atoms with Crippen LogP contribution in [0.5, 0.6) is 11.6 Å². The minimum atomic E-state index is -4.52. The number of rotatable bonds is 7. The number of thiocarbonyl (C=S) groups is 1. The second-order valence-corrected chi connectivity index (χ2v) is 9.43. The van der Waals surface area contributed by atoms with E-state index in [1.165, 1.54) is 17.0 Å². The summed E-state index contributed by atoms with van der Waals surface area (Å²) in [5.74, 6) is -1.05. The number of para-hydroxylation sites is 1. The highest BCUT2D eigenvalue weighted by molar-refractivity contribution is 8.26. The summed E-state index contributed by atoms with van der Waals surface area (Å²) in [6, 6.07) is 11.9. The fraction of sp³-hybridized carbons (Fsp3) is 0.208. The largest absolute Gasteiger partial charge is 0.481 e. The van der Waals surface area contributed by atoms with E-state index in [0.29, 0.717) is 14.8 Å². The van der Waals surface area contributed by atoms with Crippen molar-refractivity contribution in [2.24, 2.45) is 7.05 Å². The third-order valence-electron chi connectivity index (χ3n) is 5.39. The zero-order valence-electron chi connectivity index (χ0n) is 18.3. The maximum absolute atomic E-state index is 13.2. The number of halogens is 3. The molecule has 1 N–H and O–H groups in total. The summed E-state index contributed by atoms with van der Waals surface area (Å²) < 4.78 is 47.5. The molecule has 1 amide bonds. The van der Waals surface area contributed by atoms with E-state index >= 15 is 0 Å². The Labute approximate surface area is 208 Å². The number of aliphatic carboxylic acids is 1.